The van der Waals surface area contributed by atoms with E-state index in [1.165, 1.54) is 11.8 Å². The lowest BCUT2D eigenvalue weighted by Crippen LogP contribution is -2.69. The quantitative estimate of drug-likeness (QED) is 0.566. The van der Waals surface area contributed by atoms with Crippen LogP contribution in [0.4, 0.5) is 0 Å². The largest absolute Gasteiger partial charge is 0.477 e. The average molecular weight is 231 g/mol. The summed E-state index contributed by atoms with van der Waals surface area (Å²) >= 11 is 1.24. The SMILES string of the molecule is C=C1CS[C@H]([C@H]([NH3+])C(=O)O)N=C1C(=O)O. The van der Waals surface area contributed by atoms with Crippen LogP contribution >= 0.6 is 11.8 Å². The maximum absolute atomic E-state index is 10.7. The fourth-order valence-corrected chi connectivity index (χ4v) is 2.08. The molecule has 82 valence electrons. The minimum absolute atomic E-state index is 0.145. The Labute approximate surface area is 89.9 Å². The first-order valence-corrected chi connectivity index (χ1v) is 5.15. The van der Waals surface area contributed by atoms with Gasteiger partial charge in [-0.15, -0.1) is 11.8 Å². The van der Waals surface area contributed by atoms with Crippen molar-refractivity contribution in [2.75, 3.05) is 5.75 Å². The summed E-state index contributed by atoms with van der Waals surface area (Å²) in [5, 5.41) is 16.8. The Hall–Kier alpha value is -1.34. The summed E-state index contributed by atoms with van der Waals surface area (Å²) in [6, 6.07) is -0.947. The van der Waals surface area contributed by atoms with Gasteiger partial charge in [-0.1, -0.05) is 6.58 Å². The zero-order chi connectivity index (χ0) is 11.6. The number of hydrogen-bond acceptors (Lipinski definition) is 4. The van der Waals surface area contributed by atoms with Gasteiger partial charge in [0.05, 0.1) is 0 Å². The van der Waals surface area contributed by atoms with Crippen LogP contribution in [0.15, 0.2) is 17.1 Å². The van der Waals surface area contributed by atoms with E-state index in [2.05, 4.69) is 17.3 Å². The van der Waals surface area contributed by atoms with Crippen molar-refractivity contribution in [1.82, 2.24) is 0 Å². The Morgan fingerprint density at radius 3 is 2.67 bits per heavy atom. The molecule has 0 amide bonds. The van der Waals surface area contributed by atoms with Gasteiger partial charge in [0.25, 0.3) is 0 Å². The molecule has 0 fully saturated rings. The number of carboxylic acid groups (broad SMARTS) is 2. The van der Waals surface area contributed by atoms with Crippen molar-refractivity contribution >= 4 is 29.4 Å². The molecule has 0 aromatic heterocycles. The van der Waals surface area contributed by atoms with Gasteiger partial charge < -0.3 is 15.9 Å². The predicted octanol–water partition coefficient (Wildman–Crippen LogP) is -1.16. The first kappa shape index (κ1) is 11.7. The summed E-state index contributed by atoms with van der Waals surface area (Å²) < 4.78 is 0. The molecule has 1 aliphatic heterocycles. The van der Waals surface area contributed by atoms with Crippen LogP contribution in [-0.2, 0) is 9.59 Å². The van der Waals surface area contributed by atoms with Crippen molar-refractivity contribution in [2.24, 2.45) is 4.99 Å². The highest BCUT2D eigenvalue weighted by atomic mass is 32.2. The second kappa shape index (κ2) is 4.45. The van der Waals surface area contributed by atoms with Crippen molar-refractivity contribution in [2.45, 2.75) is 11.4 Å². The molecule has 0 unspecified atom stereocenters. The summed E-state index contributed by atoms with van der Waals surface area (Å²) in [6.07, 6.45) is 0. The summed E-state index contributed by atoms with van der Waals surface area (Å²) in [4.78, 5) is 25.2. The maximum atomic E-state index is 10.7. The van der Waals surface area contributed by atoms with E-state index in [1.807, 2.05) is 0 Å². The van der Waals surface area contributed by atoms with Gasteiger partial charge in [0.2, 0.25) is 6.04 Å². The lowest BCUT2D eigenvalue weighted by Gasteiger charge is -2.20. The molecule has 0 saturated carbocycles. The van der Waals surface area contributed by atoms with Crippen molar-refractivity contribution < 1.29 is 25.5 Å². The van der Waals surface area contributed by atoms with E-state index in [4.69, 9.17) is 10.2 Å². The zero-order valence-corrected chi connectivity index (χ0v) is 8.66. The highest BCUT2D eigenvalue weighted by molar-refractivity contribution is 8.00. The van der Waals surface area contributed by atoms with E-state index in [9.17, 15) is 9.59 Å². The van der Waals surface area contributed by atoms with E-state index in [1.54, 1.807) is 0 Å². The van der Waals surface area contributed by atoms with Gasteiger partial charge in [-0.3, -0.25) is 4.99 Å². The van der Waals surface area contributed by atoms with Gasteiger partial charge in [-0.05, 0) is 5.57 Å². The molecule has 0 aromatic carbocycles. The molecule has 6 nitrogen and oxygen atoms in total. The van der Waals surface area contributed by atoms with Gasteiger partial charge >= 0.3 is 11.9 Å². The number of aliphatic imine (C=N–C) groups is 1. The molecular formula is C8H11N2O4S+. The highest BCUT2D eigenvalue weighted by Gasteiger charge is 2.33. The first-order valence-electron chi connectivity index (χ1n) is 4.10. The Kier molecular flexibility index (Phi) is 3.48. The van der Waals surface area contributed by atoms with Gasteiger partial charge in [0, 0.05) is 5.75 Å². The monoisotopic (exact) mass is 231 g/mol. The lowest BCUT2D eigenvalue weighted by atomic mass is 10.2. The molecule has 1 heterocycles. The molecule has 15 heavy (non-hydrogen) atoms. The molecule has 5 N–H and O–H groups in total. The summed E-state index contributed by atoms with van der Waals surface area (Å²) in [6.45, 7) is 3.56. The smallest absolute Gasteiger partial charge is 0.365 e. The van der Waals surface area contributed by atoms with E-state index >= 15 is 0 Å². The van der Waals surface area contributed by atoms with E-state index in [-0.39, 0.29) is 5.71 Å². The van der Waals surface area contributed by atoms with Crippen molar-refractivity contribution in [3.8, 4) is 0 Å². The van der Waals surface area contributed by atoms with E-state index in [0.717, 1.165) is 0 Å². The van der Waals surface area contributed by atoms with E-state index in [0.29, 0.717) is 11.3 Å². The highest BCUT2D eigenvalue weighted by Crippen LogP contribution is 2.24. The van der Waals surface area contributed by atoms with Gasteiger partial charge in [-0.2, -0.15) is 0 Å². The van der Waals surface area contributed by atoms with Crippen LogP contribution < -0.4 is 5.73 Å². The number of aliphatic carboxylic acids is 2. The number of carbonyl (C=O) groups is 2. The zero-order valence-electron chi connectivity index (χ0n) is 7.84. The van der Waals surface area contributed by atoms with Gasteiger partial charge in [-0.25, -0.2) is 9.59 Å². The summed E-state index contributed by atoms with van der Waals surface area (Å²) in [5.74, 6) is -1.90. The number of nitrogens with zero attached hydrogens (tertiary/aromatic N) is 1. The fourth-order valence-electron chi connectivity index (χ4n) is 1.04. The molecule has 1 rings (SSSR count). The van der Waals surface area contributed by atoms with Crippen molar-refractivity contribution in [1.29, 1.82) is 0 Å². The Balaban J connectivity index is 2.92. The van der Waals surface area contributed by atoms with Gasteiger partial charge in [0.15, 0.2) is 5.37 Å². The maximum Gasteiger partial charge on any atom is 0.365 e. The van der Waals surface area contributed by atoms with Gasteiger partial charge in [0.1, 0.15) is 5.71 Å². The summed E-state index contributed by atoms with van der Waals surface area (Å²) in [5.41, 5.74) is 3.69. The molecule has 0 aromatic rings. The second-order valence-corrected chi connectivity index (χ2v) is 4.14. The Morgan fingerprint density at radius 1 is 1.60 bits per heavy atom. The predicted molar refractivity (Wildman–Crippen MR) is 54.8 cm³/mol. The Morgan fingerprint density at radius 2 is 2.20 bits per heavy atom. The van der Waals surface area contributed by atoms with Crippen LogP contribution in [0, 0.1) is 0 Å². The normalized spacial score (nSPS) is 23.1. The fraction of sp³-hybridized carbons (Fsp3) is 0.375. The van der Waals surface area contributed by atoms with Crippen LogP contribution in [0.25, 0.3) is 0 Å². The molecule has 0 aliphatic carbocycles. The van der Waals surface area contributed by atoms with Crippen LogP contribution in [0.3, 0.4) is 0 Å². The Bertz CT molecular complexity index is 353. The second-order valence-electron chi connectivity index (χ2n) is 3.03. The van der Waals surface area contributed by atoms with Crippen molar-refractivity contribution in [3.63, 3.8) is 0 Å². The van der Waals surface area contributed by atoms with Crippen LogP contribution in [0.5, 0.6) is 0 Å². The number of thioether (sulfide) groups is 1. The third kappa shape index (κ3) is 2.57. The van der Waals surface area contributed by atoms with E-state index < -0.39 is 23.4 Å². The average Bonchev–Trinajstić information content (AvgIpc) is 2.16. The molecule has 1 aliphatic rings. The topological polar surface area (TPSA) is 115 Å². The van der Waals surface area contributed by atoms with Crippen molar-refractivity contribution in [3.05, 3.63) is 12.2 Å². The number of carboxylic acids is 2. The minimum Gasteiger partial charge on any atom is -0.477 e. The molecule has 0 radical (unpaired) electrons. The standard InChI is InChI=1S/C8H10N2O4S/c1-3-2-15-6(4(9)7(11)12)10-5(3)8(13)14/h4,6H,1-2,9H2,(H,11,12)(H,13,14)/p+1/t4-,6+/m0/s1. The number of quaternary nitrogens is 1. The van der Waals surface area contributed by atoms with Crippen LogP contribution in [-0.4, -0.2) is 45.0 Å². The molecular weight excluding hydrogens is 220 g/mol. The minimum atomic E-state index is -1.18. The third-order valence-electron chi connectivity index (χ3n) is 1.88. The molecule has 0 bridgehead atoms. The molecule has 2 atom stereocenters. The molecule has 7 heteroatoms. The van der Waals surface area contributed by atoms with Crippen LogP contribution in [0.2, 0.25) is 0 Å². The van der Waals surface area contributed by atoms with Crippen LogP contribution in [0.1, 0.15) is 0 Å². The third-order valence-corrected chi connectivity index (χ3v) is 3.17. The first-order chi connectivity index (χ1) is 6.93. The summed E-state index contributed by atoms with van der Waals surface area (Å²) in [7, 11) is 0. The molecule has 0 saturated heterocycles. The number of hydrogen-bond donors (Lipinski definition) is 3. The molecule has 0 spiro atoms. The lowest BCUT2D eigenvalue weighted by molar-refractivity contribution is -0.406. The number of rotatable bonds is 3.